The zero-order valence-corrected chi connectivity index (χ0v) is 16.4. The quantitative estimate of drug-likeness (QED) is 0.533. The van der Waals surface area contributed by atoms with Gasteiger partial charge >= 0.3 is 12.2 Å². The van der Waals surface area contributed by atoms with Crippen LogP contribution in [-0.4, -0.2) is 37.9 Å². The van der Waals surface area contributed by atoms with E-state index in [9.17, 15) is 18.0 Å². The summed E-state index contributed by atoms with van der Waals surface area (Å²) in [5.74, 6) is -0.0734. The SMILES string of the molecule is Cc1nc2c(-c3ccccc3)c(C(F)(F)F)[nH]n2c(=O)c1-c1nnc(N2CCCC2)o1. The first-order valence-electron chi connectivity index (χ1n) is 9.71. The van der Waals surface area contributed by atoms with Crippen LogP contribution in [0, 0.1) is 6.92 Å². The van der Waals surface area contributed by atoms with Gasteiger partial charge in [0.25, 0.3) is 11.4 Å². The normalized spacial score (nSPS) is 14.6. The molecule has 5 rings (SSSR count). The summed E-state index contributed by atoms with van der Waals surface area (Å²) in [4.78, 5) is 19.4. The van der Waals surface area contributed by atoms with Crippen LogP contribution in [0.15, 0.2) is 39.5 Å². The molecule has 1 aromatic carbocycles. The summed E-state index contributed by atoms with van der Waals surface area (Å²) < 4.78 is 47.8. The average Bonchev–Trinajstić information content (AvgIpc) is 3.47. The summed E-state index contributed by atoms with van der Waals surface area (Å²) in [6.07, 6.45) is -2.72. The Hall–Kier alpha value is -3.63. The van der Waals surface area contributed by atoms with Gasteiger partial charge in [-0.1, -0.05) is 35.4 Å². The smallest absolute Gasteiger partial charge is 0.403 e. The standard InChI is InChI=1S/C20H17F3N6O2/c1-11-13(17-25-26-19(31-17)28-9-5-6-10-28)18(30)29-16(24-11)14(12-7-3-2-4-8-12)15(27-29)20(21,22)23/h2-4,7-8,27H,5-6,9-10H2,1H3. The van der Waals surface area contributed by atoms with Gasteiger partial charge < -0.3 is 9.32 Å². The van der Waals surface area contributed by atoms with Crippen molar-refractivity contribution in [2.75, 3.05) is 18.0 Å². The van der Waals surface area contributed by atoms with Gasteiger partial charge in [-0.3, -0.25) is 9.89 Å². The van der Waals surface area contributed by atoms with Gasteiger partial charge in [0.15, 0.2) is 5.65 Å². The Labute approximate surface area is 173 Å². The molecule has 8 nitrogen and oxygen atoms in total. The minimum atomic E-state index is -4.72. The molecule has 11 heteroatoms. The van der Waals surface area contributed by atoms with Gasteiger partial charge in [0.1, 0.15) is 11.3 Å². The van der Waals surface area contributed by atoms with Crippen molar-refractivity contribution in [1.82, 2.24) is 24.8 Å². The predicted molar refractivity (Wildman–Crippen MR) is 106 cm³/mol. The van der Waals surface area contributed by atoms with Crippen molar-refractivity contribution < 1.29 is 17.6 Å². The molecular formula is C20H17F3N6O2. The molecule has 0 atom stereocenters. The van der Waals surface area contributed by atoms with E-state index in [4.69, 9.17) is 4.42 Å². The summed E-state index contributed by atoms with van der Waals surface area (Å²) in [6, 6.07) is 8.29. The summed E-state index contributed by atoms with van der Waals surface area (Å²) in [7, 11) is 0. The highest BCUT2D eigenvalue weighted by atomic mass is 19.4. The fraction of sp³-hybridized carbons (Fsp3) is 0.300. The number of alkyl halides is 3. The number of aryl methyl sites for hydroxylation is 1. The maximum Gasteiger partial charge on any atom is 0.433 e. The van der Waals surface area contributed by atoms with Crippen molar-refractivity contribution in [2.24, 2.45) is 0 Å². The molecule has 31 heavy (non-hydrogen) atoms. The lowest BCUT2D eigenvalue weighted by molar-refractivity contribution is -0.140. The molecule has 0 aliphatic carbocycles. The van der Waals surface area contributed by atoms with Crippen molar-refractivity contribution in [1.29, 1.82) is 0 Å². The van der Waals surface area contributed by atoms with Crippen LogP contribution >= 0.6 is 0 Å². The van der Waals surface area contributed by atoms with Gasteiger partial charge in [-0.2, -0.15) is 17.7 Å². The van der Waals surface area contributed by atoms with E-state index in [1.165, 1.54) is 19.1 Å². The van der Waals surface area contributed by atoms with Crippen molar-refractivity contribution >= 4 is 11.7 Å². The highest BCUT2D eigenvalue weighted by Gasteiger charge is 2.38. The first-order chi connectivity index (χ1) is 14.8. The fourth-order valence-electron chi connectivity index (χ4n) is 3.86. The number of anilines is 1. The Morgan fingerprint density at radius 3 is 2.45 bits per heavy atom. The maximum absolute atomic E-state index is 13.8. The number of fused-ring (bicyclic) bond motifs is 1. The molecule has 160 valence electrons. The second kappa shape index (κ2) is 6.96. The Morgan fingerprint density at radius 2 is 1.77 bits per heavy atom. The molecule has 1 aliphatic rings. The van der Waals surface area contributed by atoms with Gasteiger partial charge in [-0.15, -0.1) is 5.10 Å². The first-order valence-corrected chi connectivity index (χ1v) is 9.71. The van der Waals surface area contributed by atoms with Crippen LogP contribution in [0.5, 0.6) is 0 Å². The Bertz CT molecular complexity index is 1320. The molecule has 1 saturated heterocycles. The molecule has 1 N–H and O–H groups in total. The summed E-state index contributed by atoms with van der Waals surface area (Å²) in [5, 5.41) is 10.1. The zero-order valence-electron chi connectivity index (χ0n) is 16.4. The topological polar surface area (TPSA) is 92.3 Å². The number of rotatable bonds is 3. The number of hydrogen-bond acceptors (Lipinski definition) is 6. The number of hydrogen-bond donors (Lipinski definition) is 1. The van der Waals surface area contributed by atoms with Crippen LogP contribution in [0.1, 0.15) is 24.2 Å². The molecule has 0 saturated carbocycles. The number of nitrogens with one attached hydrogen (secondary N) is 1. The van der Waals surface area contributed by atoms with Crippen molar-refractivity contribution in [3.05, 3.63) is 52.1 Å². The van der Waals surface area contributed by atoms with Gasteiger partial charge in [-0.25, -0.2) is 4.98 Å². The fourth-order valence-corrected chi connectivity index (χ4v) is 3.86. The molecule has 0 radical (unpaired) electrons. The molecular weight excluding hydrogens is 413 g/mol. The van der Waals surface area contributed by atoms with Crippen molar-refractivity contribution in [3.63, 3.8) is 0 Å². The number of nitrogens with zero attached hydrogens (tertiary/aromatic N) is 5. The van der Waals surface area contributed by atoms with Crippen molar-refractivity contribution in [3.8, 4) is 22.6 Å². The minimum absolute atomic E-state index is 0.0370. The number of halogens is 3. The summed E-state index contributed by atoms with van der Waals surface area (Å²) in [5.41, 5.74) is -1.65. The molecule has 0 amide bonds. The maximum atomic E-state index is 13.8. The van der Waals surface area contributed by atoms with E-state index in [0.717, 1.165) is 30.4 Å². The first kappa shape index (κ1) is 19.3. The molecule has 0 spiro atoms. The van der Waals surface area contributed by atoms with Crippen LogP contribution in [0.4, 0.5) is 19.2 Å². The van der Waals surface area contributed by atoms with E-state index < -0.39 is 17.4 Å². The van der Waals surface area contributed by atoms with E-state index in [1.807, 2.05) is 4.90 Å². The molecule has 0 bridgehead atoms. The van der Waals surface area contributed by atoms with Crippen LogP contribution in [0.3, 0.4) is 0 Å². The molecule has 4 aromatic rings. The lowest BCUT2D eigenvalue weighted by Gasteiger charge is -2.09. The molecule has 4 heterocycles. The number of benzene rings is 1. The van der Waals surface area contributed by atoms with Crippen LogP contribution in [0.2, 0.25) is 0 Å². The van der Waals surface area contributed by atoms with Gasteiger partial charge in [0.05, 0.1) is 11.3 Å². The Balaban J connectivity index is 1.73. The lowest BCUT2D eigenvalue weighted by atomic mass is 10.1. The average molecular weight is 430 g/mol. The minimum Gasteiger partial charge on any atom is -0.403 e. The van der Waals surface area contributed by atoms with E-state index in [-0.39, 0.29) is 34.4 Å². The largest absolute Gasteiger partial charge is 0.433 e. The van der Waals surface area contributed by atoms with Crippen LogP contribution < -0.4 is 10.5 Å². The van der Waals surface area contributed by atoms with E-state index in [2.05, 4.69) is 20.3 Å². The number of aromatic amines is 1. The summed E-state index contributed by atoms with van der Waals surface area (Å²) in [6.45, 7) is 3.07. The summed E-state index contributed by atoms with van der Waals surface area (Å²) >= 11 is 0. The third-order valence-electron chi connectivity index (χ3n) is 5.31. The third-order valence-corrected chi connectivity index (χ3v) is 5.31. The highest BCUT2D eigenvalue weighted by molar-refractivity contribution is 5.81. The lowest BCUT2D eigenvalue weighted by Crippen LogP contribution is -2.20. The second-order valence-corrected chi connectivity index (χ2v) is 7.35. The monoisotopic (exact) mass is 430 g/mol. The zero-order chi connectivity index (χ0) is 21.8. The molecule has 1 fully saturated rings. The predicted octanol–water partition coefficient (Wildman–Crippen LogP) is 3.67. The second-order valence-electron chi connectivity index (χ2n) is 7.35. The van der Waals surface area contributed by atoms with Gasteiger partial charge in [-0.05, 0) is 25.3 Å². The number of H-pyrrole nitrogens is 1. The van der Waals surface area contributed by atoms with Gasteiger partial charge in [0, 0.05) is 13.1 Å². The molecule has 1 aliphatic heterocycles. The third kappa shape index (κ3) is 3.16. The Morgan fingerprint density at radius 1 is 1.06 bits per heavy atom. The Kier molecular flexibility index (Phi) is 4.34. The van der Waals surface area contributed by atoms with Crippen molar-refractivity contribution in [2.45, 2.75) is 25.9 Å². The molecule has 0 unspecified atom stereocenters. The molecule has 3 aromatic heterocycles. The van der Waals surface area contributed by atoms with Crippen LogP contribution in [-0.2, 0) is 6.18 Å². The van der Waals surface area contributed by atoms with E-state index >= 15 is 0 Å². The van der Waals surface area contributed by atoms with E-state index in [0.29, 0.717) is 5.56 Å². The van der Waals surface area contributed by atoms with E-state index in [1.54, 1.807) is 18.2 Å². The van der Waals surface area contributed by atoms with Crippen LogP contribution in [0.25, 0.3) is 28.2 Å². The van der Waals surface area contributed by atoms with Gasteiger partial charge in [0.2, 0.25) is 0 Å². The highest BCUT2D eigenvalue weighted by Crippen LogP contribution is 2.38. The number of aromatic nitrogens is 5.